The molecule has 0 spiro atoms. The van der Waals surface area contributed by atoms with Gasteiger partial charge in [-0.1, -0.05) is 18.2 Å². The van der Waals surface area contributed by atoms with Crippen molar-refractivity contribution in [2.75, 3.05) is 14.1 Å². The number of rotatable bonds is 3. The van der Waals surface area contributed by atoms with Gasteiger partial charge < -0.3 is 4.90 Å². The normalized spacial score (nSPS) is 19.1. The minimum absolute atomic E-state index is 0.0544. The van der Waals surface area contributed by atoms with E-state index in [4.69, 9.17) is 0 Å². The van der Waals surface area contributed by atoms with Crippen LogP contribution in [0.25, 0.3) is 22.0 Å². The number of hydrogen-bond donors (Lipinski definition) is 0. The van der Waals surface area contributed by atoms with Crippen LogP contribution in [0.15, 0.2) is 42.6 Å². The fourth-order valence-corrected chi connectivity index (χ4v) is 3.74. The Balaban J connectivity index is 1.77. The number of aromatic nitrogens is 2. The molecule has 4 rings (SSSR count). The van der Waals surface area contributed by atoms with Crippen LogP contribution in [0.3, 0.4) is 0 Å². The SMILES string of the molecule is CN(C)C(=O)[C@@H]1CC1c1cc(-c2ccc(C(F)(F)F)cc2)cc2c1cnn2C. The Morgan fingerprint density at radius 1 is 1.14 bits per heavy atom. The average molecular weight is 387 g/mol. The number of alkyl halides is 3. The molecule has 7 heteroatoms. The van der Waals surface area contributed by atoms with Crippen LogP contribution in [0, 0.1) is 5.92 Å². The molecule has 2 aromatic carbocycles. The summed E-state index contributed by atoms with van der Waals surface area (Å²) < 4.78 is 40.3. The van der Waals surface area contributed by atoms with Crippen molar-refractivity contribution in [3.05, 3.63) is 53.7 Å². The largest absolute Gasteiger partial charge is 0.416 e. The first-order valence-electron chi connectivity index (χ1n) is 9.01. The number of fused-ring (bicyclic) bond motifs is 1. The smallest absolute Gasteiger partial charge is 0.349 e. The summed E-state index contributed by atoms with van der Waals surface area (Å²) in [4.78, 5) is 13.9. The van der Waals surface area contributed by atoms with Gasteiger partial charge in [-0.2, -0.15) is 18.3 Å². The third-order valence-electron chi connectivity index (χ3n) is 5.39. The molecule has 1 saturated carbocycles. The first-order chi connectivity index (χ1) is 13.2. The van der Waals surface area contributed by atoms with Gasteiger partial charge in [-0.25, -0.2) is 0 Å². The third-order valence-corrected chi connectivity index (χ3v) is 5.39. The van der Waals surface area contributed by atoms with Gasteiger partial charge in [-0.3, -0.25) is 9.48 Å². The molecule has 0 bridgehead atoms. The number of halogens is 3. The van der Waals surface area contributed by atoms with Crippen molar-refractivity contribution in [1.29, 1.82) is 0 Å². The molecule has 1 aliphatic rings. The van der Waals surface area contributed by atoms with E-state index in [2.05, 4.69) is 5.10 Å². The van der Waals surface area contributed by atoms with Crippen molar-refractivity contribution >= 4 is 16.8 Å². The van der Waals surface area contributed by atoms with Gasteiger partial charge in [0.05, 0.1) is 17.3 Å². The Bertz CT molecular complexity index is 1050. The first kappa shape index (κ1) is 18.5. The van der Waals surface area contributed by atoms with Crippen molar-refractivity contribution in [2.24, 2.45) is 13.0 Å². The van der Waals surface area contributed by atoms with Gasteiger partial charge in [-0.05, 0) is 47.2 Å². The highest BCUT2D eigenvalue weighted by atomic mass is 19.4. The van der Waals surface area contributed by atoms with Crippen LogP contribution in [-0.2, 0) is 18.0 Å². The number of carbonyl (C=O) groups excluding carboxylic acids is 1. The van der Waals surface area contributed by atoms with Gasteiger partial charge >= 0.3 is 6.18 Å². The zero-order valence-corrected chi connectivity index (χ0v) is 15.8. The van der Waals surface area contributed by atoms with E-state index in [1.54, 1.807) is 29.9 Å². The van der Waals surface area contributed by atoms with Crippen LogP contribution in [0.2, 0.25) is 0 Å². The van der Waals surface area contributed by atoms with Crippen LogP contribution in [0.4, 0.5) is 13.2 Å². The maximum absolute atomic E-state index is 12.9. The summed E-state index contributed by atoms with van der Waals surface area (Å²) in [5.41, 5.74) is 2.78. The number of benzene rings is 2. The monoisotopic (exact) mass is 387 g/mol. The highest BCUT2D eigenvalue weighted by molar-refractivity contribution is 5.91. The summed E-state index contributed by atoms with van der Waals surface area (Å²) in [6.07, 6.45) is -1.79. The first-order valence-corrected chi connectivity index (χ1v) is 9.01. The van der Waals surface area contributed by atoms with Crippen LogP contribution in [-0.4, -0.2) is 34.7 Å². The molecule has 0 aliphatic heterocycles. The molecule has 4 nitrogen and oxygen atoms in total. The fourth-order valence-electron chi connectivity index (χ4n) is 3.74. The molecule has 28 heavy (non-hydrogen) atoms. The predicted molar refractivity (Wildman–Crippen MR) is 101 cm³/mol. The lowest BCUT2D eigenvalue weighted by molar-refractivity contribution is -0.137. The van der Waals surface area contributed by atoms with E-state index in [1.165, 1.54) is 12.1 Å². The summed E-state index contributed by atoms with van der Waals surface area (Å²) in [7, 11) is 5.32. The lowest BCUT2D eigenvalue weighted by atomic mass is 9.96. The third kappa shape index (κ3) is 3.15. The minimum atomic E-state index is -4.36. The van der Waals surface area contributed by atoms with Crippen LogP contribution in [0.5, 0.6) is 0 Å². The fraction of sp³-hybridized carbons (Fsp3) is 0.333. The molecule has 1 amide bonds. The van der Waals surface area contributed by atoms with Gasteiger partial charge in [-0.15, -0.1) is 0 Å². The number of nitrogens with zero attached hydrogens (tertiary/aromatic N) is 3. The molecule has 0 saturated heterocycles. The van der Waals surface area contributed by atoms with E-state index in [9.17, 15) is 18.0 Å². The quantitative estimate of drug-likeness (QED) is 0.666. The van der Waals surface area contributed by atoms with Gasteiger partial charge in [0, 0.05) is 32.4 Å². The van der Waals surface area contributed by atoms with Crippen molar-refractivity contribution in [3.8, 4) is 11.1 Å². The summed E-state index contributed by atoms with van der Waals surface area (Å²) in [5.74, 6) is 0.152. The Labute approximate surface area is 160 Å². The lowest BCUT2D eigenvalue weighted by Gasteiger charge is -2.12. The number of aryl methyl sites for hydroxylation is 1. The van der Waals surface area contributed by atoms with Crippen LogP contribution in [0.1, 0.15) is 23.5 Å². The van der Waals surface area contributed by atoms with E-state index >= 15 is 0 Å². The Morgan fingerprint density at radius 3 is 2.43 bits per heavy atom. The van der Waals surface area contributed by atoms with E-state index in [0.717, 1.165) is 40.6 Å². The maximum Gasteiger partial charge on any atom is 0.416 e. The lowest BCUT2D eigenvalue weighted by Crippen LogP contribution is -2.23. The second kappa shape index (κ2) is 6.36. The summed E-state index contributed by atoms with van der Waals surface area (Å²) in [5, 5.41) is 5.31. The van der Waals surface area contributed by atoms with E-state index in [1.807, 2.05) is 19.2 Å². The van der Waals surface area contributed by atoms with Gasteiger partial charge in [0.25, 0.3) is 0 Å². The van der Waals surface area contributed by atoms with Crippen LogP contribution < -0.4 is 0 Å². The second-order valence-electron chi connectivity index (χ2n) is 7.52. The van der Waals surface area contributed by atoms with Gasteiger partial charge in [0.15, 0.2) is 0 Å². The van der Waals surface area contributed by atoms with E-state index in [-0.39, 0.29) is 17.7 Å². The Hall–Kier alpha value is -2.83. The summed E-state index contributed by atoms with van der Waals surface area (Å²) >= 11 is 0. The molecule has 146 valence electrons. The topological polar surface area (TPSA) is 38.1 Å². The molecular formula is C21H20F3N3O. The number of carbonyl (C=O) groups is 1. The van der Waals surface area contributed by atoms with Crippen LogP contribution >= 0.6 is 0 Å². The van der Waals surface area contributed by atoms with Crippen molar-refractivity contribution in [1.82, 2.24) is 14.7 Å². The van der Waals surface area contributed by atoms with E-state index in [0.29, 0.717) is 5.56 Å². The highest BCUT2D eigenvalue weighted by Crippen LogP contribution is 2.51. The molecule has 0 N–H and O–H groups in total. The molecule has 2 atom stereocenters. The Kier molecular flexibility index (Phi) is 4.21. The molecule has 3 aromatic rings. The molecule has 1 aromatic heterocycles. The van der Waals surface area contributed by atoms with E-state index < -0.39 is 11.7 Å². The predicted octanol–water partition coefficient (Wildman–Crippen LogP) is 4.45. The van der Waals surface area contributed by atoms with Crippen molar-refractivity contribution in [3.63, 3.8) is 0 Å². The number of hydrogen-bond acceptors (Lipinski definition) is 2. The van der Waals surface area contributed by atoms with Gasteiger partial charge in [0.2, 0.25) is 5.91 Å². The van der Waals surface area contributed by atoms with Gasteiger partial charge in [0.1, 0.15) is 0 Å². The summed E-state index contributed by atoms with van der Waals surface area (Å²) in [6.45, 7) is 0. The summed E-state index contributed by atoms with van der Waals surface area (Å²) in [6, 6.07) is 9.08. The molecule has 1 unspecified atom stereocenters. The molecule has 1 heterocycles. The zero-order chi connectivity index (χ0) is 20.2. The number of amides is 1. The molecule has 1 fully saturated rings. The Morgan fingerprint density at radius 2 is 1.82 bits per heavy atom. The standard InChI is InChI=1S/C21H20F3N3O/c1-26(2)20(28)17-10-16(17)15-8-13(9-19-18(15)11-25-27(19)3)12-4-6-14(7-5-12)21(22,23)24/h4-9,11,16-17H,10H2,1-3H3/t16?,17-/m1/s1. The zero-order valence-electron chi connectivity index (χ0n) is 15.8. The molecule has 0 radical (unpaired) electrons. The molecular weight excluding hydrogens is 367 g/mol. The maximum atomic E-state index is 12.9. The highest BCUT2D eigenvalue weighted by Gasteiger charge is 2.45. The second-order valence-corrected chi connectivity index (χ2v) is 7.52. The average Bonchev–Trinajstić information content (AvgIpc) is 3.36. The van der Waals surface area contributed by atoms with Crippen molar-refractivity contribution in [2.45, 2.75) is 18.5 Å². The minimum Gasteiger partial charge on any atom is -0.349 e. The van der Waals surface area contributed by atoms with Crippen molar-refractivity contribution < 1.29 is 18.0 Å². The molecule has 1 aliphatic carbocycles.